The Morgan fingerprint density at radius 2 is 1.90 bits per heavy atom. The van der Waals surface area contributed by atoms with Gasteiger partial charge in [0, 0.05) is 30.2 Å². The Hall–Kier alpha value is -3.63. The quantitative estimate of drug-likeness (QED) is 0.488. The Kier molecular flexibility index (Phi) is 7.74. The molecule has 0 saturated carbocycles. The highest BCUT2D eigenvalue weighted by molar-refractivity contribution is 6.00. The van der Waals surface area contributed by atoms with Gasteiger partial charge in [-0.25, -0.2) is 4.99 Å². The van der Waals surface area contributed by atoms with Crippen LogP contribution in [0.2, 0.25) is 0 Å². The molecule has 4 atom stereocenters. The highest BCUT2D eigenvalue weighted by atomic mass is 16.5. The number of fused-ring (bicyclic) bond motifs is 2. The summed E-state index contributed by atoms with van der Waals surface area (Å²) in [7, 11) is 1.59. The van der Waals surface area contributed by atoms with Crippen LogP contribution in [0.25, 0.3) is 0 Å². The van der Waals surface area contributed by atoms with Gasteiger partial charge in [-0.1, -0.05) is 32.0 Å². The number of benzene rings is 2. The van der Waals surface area contributed by atoms with Crippen LogP contribution in [0, 0.1) is 0 Å². The maximum atomic E-state index is 13.7. The summed E-state index contributed by atoms with van der Waals surface area (Å²) in [5.74, 6) is 0.778. The van der Waals surface area contributed by atoms with Gasteiger partial charge in [0.1, 0.15) is 23.2 Å². The van der Waals surface area contributed by atoms with Crippen molar-refractivity contribution in [2.24, 2.45) is 10.7 Å². The molecule has 0 fully saturated rings. The lowest BCUT2D eigenvalue weighted by Gasteiger charge is -2.42. The zero-order chi connectivity index (χ0) is 29.5. The monoisotopic (exact) mass is 564 g/mol. The third-order valence-corrected chi connectivity index (χ3v) is 8.79. The number of aliphatic hydroxyl groups is 1. The van der Waals surface area contributed by atoms with Crippen LogP contribution in [-0.4, -0.2) is 64.8 Å². The average Bonchev–Trinajstić information content (AvgIpc) is 3.13. The number of amides is 2. The van der Waals surface area contributed by atoms with Gasteiger partial charge < -0.3 is 30.4 Å². The summed E-state index contributed by atoms with van der Waals surface area (Å²) in [4.78, 5) is 33.7. The van der Waals surface area contributed by atoms with Gasteiger partial charge in [0.15, 0.2) is 5.96 Å². The maximum absolute atomic E-state index is 13.7. The molecule has 0 bridgehead atoms. The van der Waals surface area contributed by atoms with E-state index in [-0.39, 0.29) is 24.2 Å². The smallest absolute Gasteiger partial charge is 0.251 e. The Bertz CT molecular complexity index is 1350. The van der Waals surface area contributed by atoms with E-state index in [4.69, 9.17) is 24.9 Å². The van der Waals surface area contributed by atoms with Crippen LogP contribution in [0.15, 0.2) is 47.5 Å². The molecule has 3 heterocycles. The number of carbonyl (C=O) groups excluding carboxylic acids is 2. The van der Waals surface area contributed by atoms with E-state index in [9.17, 15) is 14.7 Å². The zero-order valence-corrected chi connectivity index (χ0v) is 24.3. The van der Waals surface area contributed by atoms with Gasteiger partial charge >= 0.3 is 0 Å². The van der Waals surface area contributed by atoms with E-state index in [1.54, 1.807) is 39.2 Å². The van der Waals surface area contributed by atoms with Gasteiger partial charge in [0.25, 0.3) is 5.91 Å². The van der Waals surface area contributed by atoms with Crippen LogP contribution in [0.4, 0.5) is 0 Å². The van der Waals surface area contributed by atoms with Gasteiger partial charge in [0.05, 0.1) is 36.8 Å². The van der Waals surface area contributed by atoms with Crippen molar-refractivity contribution in [3.8, 4) is 11.5 Å². The number of hydrogen-bond acceptors (Lipinski definition) is 8. The number of nitrogens with zero attached hydrogens (tertiary/aromatic N) is 2. The number of guanidine groups is 1. The summed E-state index contributed by atoms with van der Waals surface area (Å²) in [5.41, 5.74) is 6.71. The first-order valence-electron chi connectivity index (χ1n) is 14.3. The predicted molar refractivity (Wildman–Crippen MR) is 154 cm³/mol. The Balaban J connectivity index is 1.52. The van der Waals surface area contributed by atoms with E-state index in [0.717, 1.165) is 0 Å². The molecule has 220 valence electrons. The molecule has 3 aliphatic rings. The van der Waals surface area contributed by atoms with Crippen molar-refractivity contribution in [2.75, 3.05) is 13.7 Å². The van der Waals surface area contributed by atoms with E-state index in [1.165, 1.54) is 4.90 Å². The molecule has 0 radical (unpaired) electrons. The van der Waals surface area contributed by atoms with Crippen molar-refractivity contribution in [1.82, 2.24) is 10.2 Å². The second-order valence-electron chi connectivity index (χ2n) is 11.6. The largest absolute Gasteiger partial charge is 0.493 e. The molecule has 5 rings (SSSR count). The summed E-state index contributed by atoms with van der Waals surface area (Å²) < 4.78 is 17.9. The third-order valence-electron chi connectivity index (χ3n) is 8.79. The first-order valence-corrected chi connectivity index (χ1v) is 14.3. The van der Waals surface area contributed by atoms with E-state index in [0.29, 0.717) is 54.1 Å². The van der Waals surface area contributed by atoms with Crippen molar-refractivity contribution in [2.45, 2.75) is 88.8 Å². The first kappa shape index (κ1) is 28.9. The minimum absolute atomic E-state index is 0.139. The topological polar surface area (TPSA) is 136 Å². The fourth-order valence-electron chi connectivity index (χ4n) is 6.16. The number of aliphatic imine (C=N–C) groups is 1. The van der Waals surface area contributed by atoms with Gasteiger partial charge in [-0.05, 0) is 51.0 Å². The van der Waals surface area contributed by atoms with E-state index in [2.05, 4.69) is 5.32 Å². The van der Waals surface area contributed by atoms with E-state index in [1.807, 2.05) is 38.1 Å². The molecule has 41 heavy (non-hydrogen) atoms. The number of para-hydroxylation sites is 1. The van der Waals surface area contributed by atoms with Gasteiger partial charge in [-0.15, -0.1) is 0 Å². The highest BCUT2D eigenvalue weighted by Crippen LogP contribution is 2.42. The molecule has 2 amide bonds. The Labute approximate surface area is 240 Å². The third kappa shape index (κ3) is 5.15. The lowest BCUT2D eigenvalue weighted by molar-refractivity contribution is -0.134. The molecule has 10 heteroatoms. The molecule has 10 nitrogen and oxygen atoms in total. The van der Waals surface area contributed by atoms with Crippen molar-refractivity contribution < 1.29 is 28.9 Å². The SMILES string of the molecule is CCC1(CC)CC(=O)N([C@H]2c3cc(C(=O)N[C@@H]4c5ccccc5OC(C)(C)[C@H]4O)ccc3OCCC2OC)C(N)=N1. The summed E-state index contributed by atoms with van der Waals surface area (Å²) in [6.07, 6.45) is 0.722. The van der Waals surface area contributed by atoms with Gasteiger partial charge in [-0.3, -0.25) is 14.5 Å². The second-order valence-corrected chi connectivity index (χ2v) is 11.6. The lowest BCUT2D eigenvalue weighted by atomic mass is 9.86. The molecular weight excluding hydrogens is 524 g/mol. The molecule has 2 aromatic rings. The standard InChI is InChI=1S/C31H40N4O6/c1-6-31(7-2)17-24(36)35(29(32)34-31)26-20-16-18(12-13-21(20)40-15-14-23(26)39-5)28(38)33-25-19-10-8-9-11-22(19)41-30(3,4)27(25)37/h8-13,16,23,25-27,37H,6-7,14-15,17H2,1-5H3,(H2,32,34)(H,33,38)/t23?,25-,26+,27+/m1/s1. The fourth-order valence-corrected chi connectivity index (χ4v) is 6.16. The van der Waals surface area contributed by atoms with Gasteiger partial charge in [0.2, 0.25) is 5.91 Å². The molecule has 1 unspecified atom stereocenters. The van der Waals surface area contributed by atoms with Gasteiger partial charge in [-0.2, -0.15) is 0 Å². The van der Waals surface area contributed by atoms with Crippen LogP contribution in [-0.2, 0) is 9.53 Å². The second kappa shape index (κ2) is 11.0. The summed E-state index contributed by atoms with van der Waals surface area (Å²) in [5, 5.41) is 14.2. The molecule has 0 aliphatic carbocycles. The van der Waals surface area contributed by atoms with Crippen LogP contribution in [0.1, 0.15) is 86.9 Å². The van der Waals surface area contributed by atoms with E-state index < -0.39 is 35.4 Å². The van der Waals surface area contributed by atoms with Crippen molar-refractivity contribution in [3.05, 3.63) is 59.2 Å². The lowest BCUT2D eigenvalue weighted by Crippen LogP contribution is -2.55. The normalized spacial score (nSPS) is 26.4. The van der Waals surface area contributed by atoms with Crippen LogP contribution in [0.3, 0.4) is 0 Å². The number of carbonyl (C=O) groups is 2. The number of ether oxygens (including phenoxy) is 3. The van der Waals surface area contributed by atoms with Crippen LogP contribution < -0.4 is 20.5 Å². The summed E-state index contributed by atoms with van der Waals surface area (Å²) >= 11 is 0. The summed E-state index contributed by atoms with van der Waals surface area (Å²) in [6, 6.07) is 11.2. The Morgan fingerprint density at radius 3 is 2.59 bits per heavy atom. The molecular formula is C31H40N4O6. The van der Waals surface area contributed by atoms with Crippen LogP contribution >= 0.6 is 0 Å². The number of hydrogen-bond donors (Lipinski definition) is 3. The maximum Gasteiger partial charge on any atom is 0.251 e. The number of methoxy groups -OCH3 is 1. The molecule has 0 saturated heterocycles. The fraction of sp³-hybridized carbons (Fsp3) is 0.516. The minimum Gasteiger partial charge on any atom is -0.493 e. The zero-order valence-electron chi connectivity index (χ0n) is 24.3. The molecule has 3 aliphatic heterocycles. The minimum atomic E-state index is -0.990. The highest BCUT2D eigenvalue weighted by Gasteiger charge is 2.46. The molecule has 2 aromatic carbocycles. The van der Waals surface area contributed by atoms with Crippen molar-refractivity contribution in [1.29, 1.82) is 0 Å². The van der Waals surface area contributed by atoms with E-state index >= 15 is 0 Å². The predicted octanol–water partition coefficient (Wildman–Crippen LogP) is 3.63. The number of rotatable bonds is 6. The summed E-state index contributed by atoms with van der Waals surface area (Å²) in [6.45, 7) is 7.97. The Morgan fingerprint density at radius 1 is 1.17 bits per heavy atom. The number of nitrogens with one attached hydrogen (secondary N) is 1. The van der Waals surface area contributed by atoms with Crippen molar-refractivity contribution >= 4 is 17.8 Å². The molecule has 0 aromatic heterocycles. The molecule has 0 spiro atoms. The molecule has 4 N–H and O–H groups in total. The van der Waals surface area contributed by atoms with Crippen molar-refractivity contribution in [3.63, 3.8) is 0 Å². The first-order chi connectivity index (χ1) is 19.5. The number of aliphatic hydroxyl groups excluding tert-OH is 1. The number of nitrogens with two attached hydrogens (primary N) is 1. The average molecular weight is 565 g/mol. The van der Waals surface area contributed by atoms with Crippen LogP contribution in [0.5, 0.6) is 11.5 Å².